The maximum atomic E-state index is 13.3. The number of nitro benzene ring substituents is 1. The van der Waals surface area contributed by atoms with Gasteiger partial charge in [-0.15, -0.1) is 0 Å². The van der Waals surface area contributed by atoms with Crippen molar-refractivity contribution in [1.29, 1.82) is 0 Å². The van der Waals surface area contributed by atoms with Gasteiger partial charge < -0.3 is 10.3 Å². The lowest BCUT2D eigenvalue weighted by Crippen LogP contribution is -2.32. The van der Waals surface area contributed by atoms with Gasteiger partial charge in [0.2, 0.25) is 0 Å². The number of carbonyl (C=O) groups excluding carboxylic acids is 1. The number of rotatable bonds is 5. The summed E-state index contributed by atoms with van der Waals surface area (Å²) in [6.45, 7) is 0. The van der Waals surface area contributed by atoms with Crippen LogP contribution in [0.2, 0.25) is 10.0 Å². The SMILES string of the molecule is O=C1CCCC2=C1C(c1ccc(Cl)c(Cl)c1)c1c(nc(SCc3ccc([N+](=O)[O-])cc3)[nH]c1=O)N2. The van der Waals surface area contributed by atoms with Crippen LogP contribution in [0.5, 0.6) is 0 Å². The smallest absolute Gasteiger partial charge is 0.269 e. The van der Waals surface area contributed by atoms with Crippen molar-refractivity contribution in [2.24, 2.45) is 0 Å². The number of non-ortho nitro benzene ring substituents is 1. The van der Waals surface area contributed by atoms with Crippen LogP contribution in [-0.4, -0.2) is 20.7 Å². The molecule has 2 heterocycles. The lowest BCUT2D eigenvalue weighted by atomic mass is 9.76. The Bertz CT molecular complexity index is 1450. The minimum Gasteiger partial charge on any atom is -0.343 e. The summed E-state index contributed by atoms with van der Waals surface area (Å²) in [5.41, 5.74) is 2.92. The summed E-state index contributed by atoms with van der Waals surface area (Å²) in [4.78, 5) is 44.1. The van der Waals surface area contributed by atoms with Crippen LogP contribution in [0.25, 0.3) is 0 Å². The lowest BCUT2D eigenvalue weighted by Gasteiger charge is -2.32. The van der Waals surface area contributed by atoms with Crippen LogP contribution in [-0.2, 0) is 10.5 Å². The van der Waals surface area contributed by atoms with Crippen molar-refractivity contribution in [3.63, 3.8) is 0 Å². The number of ketones is 1. The van der Waals surface area contributed by atoms with Crippen molar-refractivity contribution in [1.82, 2.24) is 9.97 Å². The zero-order valence-corrected chi connectivity index (χ0v) is 20.5. The summed E-state index contributed by atoms with van der Waals surface area (Å²) in [6.07, 6.45) is 1.82. The number of halogens is 2. The van der Waals surface area contributed by atoms with E-state index in [1.165, 1.54) is 23.9 Å². The number of allylic oxidation sites excluding steroid dienone is 2. The number of fused-ring (bicyclic) bond motifs is 1. The Morgan fingerprint density at radius 2 is 1.86 bits per heavy atom. The maximum absolute atomic E-state index is 13.3. The molecule has 11 heteroatoms. The van der Waals surface area contributed by atoms with Gasteiger partial charge >= 0.3 is 0 Å². The Kier molecular flexibility index (Phi) is 6.39. The van der Waals surface area contributed by atoms with Crippen molar-refractivity contribution in [2.75, 3.05) is 5.32 Å². The van der Waals surface area contributed by atoms with Crippen LogP contribution in [0.1, 0.15) is 41.9 Å². The first-order valence-electron chi connectivity index (χ1n) is 10.8. The van der Waals surface area contributed by atoms with Gasteiger partial charge in [0.15, 0.2) is 10.9 Å². The van der Waals surface area contributed by atoms with Crippen molar-refractivity contribution in [3.8, 4) is 0 Å². The van der Waals surface area contributed by atoms with Crippen LogP contribution in [0.15, 0.2) is 63.7 Å². The molecule has 0 bridgehead atoms. The summed E-state index contributed by atoms with van der Waals surface area (Å²) in [5, 5.41) is 15.2. The molecule has 1 aliphatic heterocycles. The fourth-order valence-corrected chi connectivity index (χ4v) is 5.52. The number of nitrogens with one attached hydrogen (secondary N) is 2. The summed E-state index contributed by atoms with van der Waals surface area (Å²) in [5.74, 6) is 0.261. The molecule has 1 aromatic heterocycles. The molecule has 0 spiro atoms. The summed E-state index contributed by atoms with van der Waals surface area (Å²) in [6, 6.07) is 11.3. The standard InChI is InChI=1S/C24H18Cl2N4O4S/c25-15-9-6-13(10-16(15)26)19-20-17(2-1-3-18(20)31)27-22-21(19)23(32)29-24(28-22)35-11-12-4-7-14(8-5-12)30(33)34/h4-10,19H,1-3,11H2,(H2,27,28,29,32). The molecule has 0 radical (unpaired) electrons. The van der Waals surface area contributed by atoms with E-state index in [9.17, 15) is 19.7 Å². The third kappa shape index (κ3) is 4.59. The van der Waals surface area contributed by atoms with E-state index < -0.39 is 10.8 Å². The first kappa shape index (κ1) is 23.6. The van der Waals surface area contributed by atoms with Gasteiger partial charge in [-0.05, 0) is 36.1 Å². The van der Waals surface area contributed by atoms with Gasteiger partial charge in [-0.25, -0.2) is 4.98 Å². The number of anilines is 1. The van der Waals surface area contributed by atoms with Crippen molar-refractivity contribution >= 4 is 52.3 Å². The fourth-order valence-electron chi connectivity index (χ4n) is 4.40. The van der Waals surface area contributed by atoms with E-state index in [1.54, 1.807) is 30.3 Å². The predicted octanol–water partition coefficient (Wildman–Crippen LogP) is 5.84. The average molecular weight is 529 g/mol. The second kappa shape index (κ2) is 9.49. The molecule has 3 aromatic rings. The number of Topliss-reactive ketones (excluding diaryl/α,β-unsaturated/α-hetero) is 1. The van der Waals surface area contributed by atoms with E-state index in [2.05, 4.69) is 15.3 Å². The quantitative estimate of drug-likeness (QED) is 0.184. The molecule has 0 saturated heterocycles. The van der Waals surface area contributed by atoms with Gasteiger partial charge in [0.25, 0.3) is 11.2 Å². The minimum atomic E-state index is -0.603. The number of H-pyrrole nitrogens is 1. The van der Waals surface area contributed by atoms with Gasteiger partial charge in [0, 0.05) is 41.5 Å². The molecule has 1 aliphatic carbocycles. The molecule has 8 nitrogen and oxygen atoms in total. The van der Waals surface area contributed by atoms with Crippen LogP contribution < -0.4 is 10.9 Å². The molecule has 2 aliphatic rings. The summed E-state index contributed by atoms with van der Waals surface area (Å²) < 4.78 is 0. The molecule has 178 valence electrons. The molecular weight excluding hydrogens is 511 g/mol. The molecular formula is C24H18Cl2N4O4S. The van der Waals surface area contributed by atoms with Crippen molar-refractivity contribution in [2.45, 2.75) is 36.1 Å². The van der Waals surface area contributed by atoms with Crippen LogP contribution in [0.4, 0.5) is 11.5 Å². The van der Waals surface area contributed by atoms with Gasteiger partial charge in [0.1, 0.15) is 5.82 Å². The van der Waals surface area contributed by atoms with E-state index in [4.69, 9.17) is 23.2 Å². The van der Waals surface area contributed by atoms with Crippen molar-refractivity contribution < 1.29 is 9.72 Å². The van der Waals surface area contributed by atoms with Gasteiger partial charge in [-0.2, -0.15) is 0 Å². The maximum Gasteiger partial charge on any atom is 0.269 e. The Morgan fingerprint density at radius 3 is 2.57 bits per heavy atom. The second-order valence-corrected chi connectivity index (χ2v) is 10.0. The molecule has 1 atom stereocenters. The number of nitrogens with zero attached hydrogens (tertiary/aromatic N) is 2. The topological polar surface area (TPSA) is 118 Å². The number of thioether (sulfide) groups is 1. The highest BCUT2D eigenvalue weighted by atomic mass is 35.5. The fraction of sp³-hybridized carbons (Fsp3) is 0.208. The molecule has 0 saturated carbocycles. The summed E-state index contributed by atoms with van der Waals surface area (Å²) in [7, 11) is 0. The first-order chi connectivity index (χ1) is 16.8. The van der Waals surface area contributed by atoms with Gasteiger partial charge in [-0.1, -0.05) is 53.2 Å². The molecule has 5 rings (SSSR count). The number of hydrogen-bond acceptors (Lipinski definition) is 7. The van der Waals surface area contributed by atoms with Gasteiger partial charge in [0.05, 0.1) is 20.5 Å². The molecule has 2 N–H and O–H groups in total. The third-order valence-electron chi connectivity index (χ3n) is 6.04. The van der Waals surface area contributed by atoms with E-state index in [0.717, 1.165) is 17.7 Å². The zero-order chi connectivity index (χ0) is 24.7. The Balaban J connectivity index is 1.51. The average Bonchev–Trinajstić information content (AvgIpc) is 2.83. The monoisotopic (exact) mass is 528 g/mol. The van der Waals surface area contributed by atoms with E-state index >= 15 is 0 Å². The highest BCUT2D eigenvalue weighted by Gasteiger charge is 2.38. The highest BCUT2D eigenvalue weighted by molar-refractivity contribution is 7.98. The largest absolute Gasteiger partial charge is 0.343 e. The zero-order valence-electron chi connectivity index (χ0n) is 18.1. The first-order valence-corrected chi connectivity index (χ1v) is 12.5. The van der Waals surface area contributed by atoms with Crippen LogP contribution in [0.3, 0.4) is 0 Å². The molecule has 1 unspecified atom stereocenters. The Labute approximate surface area is 213 Å². The summed E-state index contributed by atoms with van der Waals surface area (Å²) >= 11 is 13.7. The number of aromatic nitrogens is 2. The Hall–Kier alpha value is -3.14. The van der Waals surface area contributed by atoms with Crippen LogP contribution >= 0.6 is 35.0 Å². The van der Waals surface area contributed by atoms with Gasteiger partial charge in [-0.3, -0.25) is 19.7 Å². The van der Waals surface area contributed by atoms with E-state index in [1.807, 2.05) is 0 Å². The number of benzene rings is 2. The minimum absolute atomic E-state index is 0.00325. The number of carbonyl (C=O) groups is 1. The highest BCUT2D eigenvalue weighted by Crippen LogP contribution is 2.44. The van der Waals surface area contributed by atoms with Crippen molar-refractivity contribution in [3.05, 3.63) is 101 Å². The Morgan fingerprint density at radius 1 is 1.09 bits per heavy atom. The molecule has 35 heavy (non-hydrogen) atoms. The molecule has 2 aromatic carbocycles. The van der Waals surface area contributed by atoms with E-state index in [-0.39, 0.29) is 17.0 Å². The number of nitro groups is 1. The number of hydrogen-bond donors (Lipinski definition) is 2. The lowest BCUT2D eigenvalue weighted by molar-refractivity contribution is -0.384. The predicted molar refractivity (Wildman–Crippen MR) is 135 cm³/mol. The molecule has 0 amide bonds. The van der Waals surface area contributed by atoms with E-state index in [0.29, 0.717) is 56.3 Å². The number of aromatic amines is 1. The third-order valence-corrected chi connectivity index (χ3v) is 7.72. The van der Waals surface area contributed by atoms with Crippen LogP contribution in [0, 0.1) is 10.1 Å². The second-order valence-electron chi connectivity index (χ2n) is 8.25. The molecule has 0 fully saturated rings. The normalized spacial score (nSPS) is 17.0.